The van der Waals surface area contributed by atoms with E-state index in [1.807, 2.05) is 12.1 Å². The van der Waals surface area contributed by atoms with Crippen LogP contribution < -0.4 is 24.8 Å². The molecule has 0 aromatic heterocycles. The van der Waals surface area contributed by atoms with E-state index in [9.17, 15) is 4.39 Å². The zero-order chi connectivity index (χ0) is 19.6. The molecule has 0 amide bonds. The summed E-state index contributed by atoms with van der Waals surface area (Å²) in [5, 5.41) is 6.49. The van der Waals surface area contributed by atoms with Gasteiger partial charge in [0.05, 0.1) is 21.3 Å². The first-order chi connectivity index (χ1) is 13.1. The quantitative estimate of drug-likeness (QED) is 0.329. The van der Waals surface area contributed by atoms with Crippen molar-refractivity contribution in [3.8, 4) is 17.2 Å². The normalized spacial score (nSPS) is 10.7. The third-order valence-electron chi connectivity index (χ3n) is 4.07. The van der Waals surface area contributed by atoms with Crippen molar-refractivity contribution >= 4 is 29.9 Å². The molecule has 2 rings (SSSR count). The molecule has 0 fully saturated rings. The van der Waals surface area contributed by atoms with Crippen LogP contribution in [0.2, 0.25) is 0 Å². The highest BCUT2D eigenvalue weighted by Gasteiger charge is 2.15. The Bertz CT molecular complexity index is 770. The van der Waals surface area contributed by atoms with Gasteiger partial charge < -0.3 is 24.8 Å². The molecule has 8 heteroatoms. The topological polar surface area (TPSA) is 64.1 Å². The van der Waals surface area contributed by atoms with Gasteiger partial charge in [-0.1, -0.05) is 12.1 Å². The molecule has 0 aliphatic heterocycles. The van der Waals surface area contributed by atoms with Gasteiger partial charge in [-0.15, -0.1) is 24.0 Å². The number of hydrogen-bond acceptors (Lipinski definition) is 4. The SMILES string of the molecule is CN=C(NCCc1ccc(F)cc1)NCc1ccc(OC)c(OC)c1OC.I. The average Bonchev–Trinajstić information content (AvgIpc) is 2.70. The third kappa shape index (κ3) is 6.43. The Labute approximate surface area is 182 Å². The number of benzene rings is 2. The second-order valence-corrected chi connectivity index (χ2v) is 5.72. The Kier molecular flexibility index (Phi) is 10.4. The van der Waals surface area contributed by atoms with Gasteiger partial charge in [0.2, 0.25) is 5.75 Å². The first-order valence-corrected chi connectivity index (χ1v) is 8.59. The van der Waals surface area contributed by atoms with Crippen molar-refractivity contribution in [3.63, 3.8) is 0 Å². The fraction of sp³-hybridized carbons (Fsp3) is 0.350. The molecule has 0 aliphatic rings. The van der Waals surface area contributed by atoms with Crippen molar-refractivity contribution in [1.29, 1.82) is 0 Å². The molecule has 0 aliphatic carbocycles. The Morgan fingerprint density at radius 2 is 1.61 bits per heavy atom. The number of guanidine groups is 1. The summed E-state index contributed by atoms with van der Waals surface area (Å²) in [6.45, 7) is 1.17. The molecule has 0 unspecified atom stereocenters. The fourth-order valence-corrected chi connectivity index (χ4v) is 2.68. The second kappa shape index (κ2) is 12.3. The van der Waals surface area contributed by atoms with Gasteiger partial charge in [0, 0.05) is 25.7 Å². The lowest BCUT2D eigenvalue weighted by Gasteiger charge is -2.17. The number of hydrogen-bond donors (Lipinski definition) is 2. The number of halogens is 2. The van der Waals surface area contributed by atoms with E-state index in [1.165, 1.54) is 12.1 Å². The van der Waals surface area contributed by atoms with Crippen molar-refractivity contribution in [2.45, 2.75) is 13.0 Å². The molecule has 0 bridgehead atoms. The van der Waals surface area contributed by atoms with E-state index in [2.05, 4.69) is 15.6 Å². The lowest BCUT2D eigenvalue weighted by Crippen LogP contribution is -2.37. The molecule has 2 aromatic carbocycles. The number of rotatable bonds is 8. The van der Waals surface area contributed by atoms with Crippen LogP contribution in [-0.4, -0.2) is 40.9 Å². The molecule has 2 N–H and O–H groups in total. The number of nitrogens with zero attached hydrogens (tertiary/aromatic N) is 1. The number of ether oxygens (including phenoxy) is 3. The van der Waals surface area contributed by atoms with Crippen LogP contribution in [-0.2, 0) is 13.0 Å². The smallest absolute Gasteiger partial charge is 0.203 e. The molecule has 0 heterocycles. The van der Waals surface area contributed by atoms with Gasteiger partial charge in [-0.05, 0) is 36.2 Å². The standard InChI is InChI=1S/C20H26FN3O3.HI/c1-22-20(23-12-11-14-5-8-16(21)9-6-14)24-13-15-7-10-17(25-2)19(27-4)18(15)26-3;/h5-10H,11-13H2,1-4H3,(H2,22,23,24);1H. The summed E-state index contributed by atoms with van der Waals surface area (Å²) in [6.07, 6.45) is 0.765. The molecule has 0 radical (unpaired) electrons. The van der Waals surface area contributed by atoms with E-state index in [-0.39, 0.29) is 29.8 Å². The van der Waals surface area contributed by atoms with Gasteiger partial charge in [-0.25, -0.2) is 4.39 Å². The van der Waals surface area contributed by atoms with E-state index in [0.717, 1.165) is 17.5 Å². The summed E-state index contributed by atoms with van der Waals surface area (Å²) in [7, 11) is 6.46. The van der Waals surface area contributed by atoms with Crippen LogP contribution in [0.3, 0.4) is 0 Å². The number of nitrogens with one attached hydrogen (secondary N) is 2. The molecular weight excluding hydrogens is 476 g/mol. The lowest BCUT2D eigenvalue weighted by atomic mass is 10.1. The number of methoxy groups -OCH3 is 3. The van der Waals surface area contributed by atoms with E-state index in [4.69, 9.17) is 14.2 Å². The van der Waals surface area contributed by atoms with E-state index in [0.29, 0.717) is 36.3 Å². The molecule has 0 saturated carbocycles. The highest BCUT2D eigenvalue weighted by atomic mass is 127. The Balaban J connectivity index is 0.00000392. The Morgan fingerprint density at radius 1 is 0.929 bits per heavy atom. The second-order valence-electron chi connectivity index (χ2n) is 5.72. The van der Waals surface area contributed by atoms with Crippen molar-refractivity contribution in [2.24, 2.45) is 4.99 Å². The van der Waals surface area contributed by atoms with Crippen LogP contribution >= 0.6 is 24.0 Å². The summed E-state index contributed by atoms with van der Waals surface area (Å²) < 4.78 is 29.1. The van der Waals surface area contributed by atoms with Gasteiger partial charge >= 0.3 is 0 Å². The van der Waals surface area contributed by atoms with Crippen molar-refractivity contribution in [2.75, 3.05) is 34.9 Å². The molecule has 154 valence electrons. The molecule has 0 spiro atoms. The lowest BCUT2D eigenvalue weighted by molar-refractivity contribution is 0.322. The first kappa shape index (κ1) is 23.8. The highest BCUT2D eigenvalue weighted by molar-refractivity contribution is 14.0. The van der Waals surface area contributed by atoms with Crippen molar-refractivity contribution in [3.05, 3.63) is 53.3 Å². The van der Waals surface area contributed by atoms with Gasteiger partial charge in [0.25, 0.3) is 0 Å². The van der Waals surface area contributed by atoms with Crippen molar-refractivity contribution < 1.29 is 18.6 Å². The van der Waals surface area contributed by atoms with E-state index < -0.39 is 0 Å². The van der Waals surface area contributed by atoms with Gasteiger partial charge in [0.1, 0.15) is 5.82 Å². The predicted octanol–water partition coefficient (Wildman–Crippen LogP) is 3.38. The van der Waals surface area contributed by atoms with Gasteiger partial charge in [-0.2, -0.15) is 0 Å². The van der Waals surface area contributed by atoms with Crippen LogP contribution in [0.4, 0.5) is 4.39 Å². The van der Waals surface area contributed by atoms with Crippen LogP contribution in [0.25, 0.3) is 0 Å². The zero-order valence-electron chi connectivity index (χ0n) is 16.5. The maximum Gasteiger partial charge on any atom is 0.203 e. The minimum Gasteiger partial charge on any atom is -0.493 e. The van der Waals surface area contributed by atoms with Crippen LogP contribution in [0, 0.1) is 5.82 Å². The molecule has 6 nitrogen and oxygen atoms in total. The van der Waals surface area contributed by atoms with E-state index in [1.54, 1.807) is 40.5 Å². The van der Waals surface area contributed by atoms with Crippen molar-refractivity contribution in [1.82, 2.24) is 10.6 Å². The van der Waals surface area contributed by atoms with Crippen LogP contribution in [0.15, 0.2) is 41.4 Å². The summed E-state index contributed by atoms with van der Waals surface area (Å²) >= 11 is 0. The highest BCUT2D eigenvalue weighted by Crippen LogP contribution is 2.39. The molecule has 28 heavy (non-hydrogen) atoms. The minimum atomic E-state index is -0.229. The van der Waals surface area contributed by atoms with Crippen LogP contribution in [0.1, 0.15) is 11.1 Å². The summed E-state index contributed by atoms with van der Waals surface area (Å²) in [5.41, 5.74) is 1.97. The summed E-state index contributed by atoms with van der Waals surface area (Å²) in [6, 6.07) is 10.2. The zero-order valence-corrected chi connectivity index (χ0v) is 18.9. The first-order valence-electron chi connectivity index (χ1n) is 8.59. The predicted molar refractivity (Wildman–Crippen MR) is 120 cm³/mol. The third-order valence-corrected chi connectivity index (χ3v) is 4.07. The average molecular weight is 503 g/mol. The maximum absolute atomic E-state index is 12.9. The summed E-state index contributed by atoms with van der Waals surface area (Å²) in [4.78, 5) is 4.22. The van der Waals surface area contributed by atoms with E-state index >= 15 is 0 Å². The van der Waals surface area contributed by atoms with Gasteiger partial charge in [-0.3, -0.25) is 4.99 Å². The monoisotopic (exact) mass is 503 g/mol. The summed E-state index contributed by atoms with van der Waals surface area (Å²) in [5.74, 6) is 2.21. The Morgan fingerprint density at radius 3 is 2.18 bits per heavy atom. The maximum atomic E-state index is 12.9. The fourth-order valence-electron chi connectivity index (χ4n) is 2.68. The Hall–Kier alpha value is -2.23. The molecule has 2 aromatic rings. The molecule has 0 atom stereocenters. The molecular formula is C20H27FIN3O3. The largest absolute Gasteiger partial charge is 0.493 e. The molecule has 0 saturated heterocycles. The minimum absolute atomic E-state index is 0. The van der Waals surface area contributed by atoms with Gasteiger partial charge in [0.15, 0.2) is 17.5 Å². The number of aliphatic imine (C=N–C) groups is 1. The van der Waals surface area contributed by atoms with Crippen LogP contribution in [0.5, 0.6) is 17.2 Å².